The quantitative estimate of drug-likeness (QED) is 0.194. The standard InChI is InChI=1S/C35H59N3O8/c1-22(2)25-20-26(27(39)14-12-23(3)18-30(40)37-21-35(7,8)32(36)41)38(33(42)46-34(4,5)6)31(25)24-13-15-28(44-10)29(19-24)45-17-11-16-43-9/h13,15,19,22-23,25-27,31,39H,11-12,14,16-18,20-21H2,1-10H3,(H2,36,41)(H,37,40)/t23?,25-,26-,27-,31-/m0/s1. The third-order valence-electron chi connectivity index (χ3n) is 8.64. The first-order valence-corrected chi connectivity index (χ1v) is 16.5. The van der Waals surface area contributed by atoms with Gasteiger partial charge in [-0.2, -0.15) is 0 Å². The van der Waals surface area contributed by atoms with E-state index in [4.69, 9.17) is 24.7 Å². The second-order valence-electron chi connectivity index (χ2n) is 14.6. The van der Waals surface area contributed by atoms with Gasteiger partial charge in [-0.3, -0.25) is 14.5 Å². The fraction of sp³-hybridized carbons (Fsp3) is 0.743. The Labute approximate surface area is 275 Å². The smallest absolute Gasteiger partial charge is 0.411 e. The molecule has 3 amide bonds. The van der Waals surface area contributed by atoms with Crippen LogP contribution in [0.3, 0.4) is 0 Å². The summed E-state index contributed by atoms with van der Waals surface area (Å²) in [5, 5.41) is 14.4. The van der Waals surface area contributed by atoms with E-state index in [0.29, 0.717) is 50.4 Å². The number of primary amides is 1. The van der Waals surface area contributed by atoms with E-state index in [0.717, 1.165) is 5.56 Å². The molecule has 0 radical (unpaired) electrons. The van der Waals surface area contributed by atoms with Crippen molar-refractivity contribution in [1.82, 2.24) is 10.2 Å². The molecule has 1 aromatic carbocycles. The second kappa shape index (κ2) is 17.2. The number of nitrogens with zero attached hydrogens (tertiary/aromatic N) is 1. The monoisotopic (exact) mass is 649 g/mol. The number of aliphatic hydroxyl groups excluding tert-OH is 1. The molecule has 1 heterocycles. The highest BCUT2D eigenvalue weighted by Crippen LogP contribution is 2.48. The Morgan fingerprint density at radius 3 is 2.28 bits per heavy atom. The molecule has 11 nitrogen and oxygen atoms in total. The highest BCUT2D eigenvalue weighted by atomic mass is 16.6. The predicted octanol–water partition coefficient (Wildman–Crippen LogP) is 5.23. The molecule has 0 aliphatic carbocycles. The predicted molar refractivity (Wildman–Crippen MR) is 178 cm³/mol. The fourth-order valence-corrected chi connectivity index (χ4v) is 5.80. The highest BCUT2D eigenvalue weighted by Gasteiger charge is 2.49. The molecule has 1 unspecified atom stereocenters. The first-order chi connectivity index (χ1) is 21.4. The molecule has 4 N–H and O–H groups in total. The summed E-state index contributed by atoms with van der Waals surface area (Å²) < 4.78 is 22.7. The zero-order valence-corrected chi connectivity index (χ0v) is 29.7. The van der Waals surface area contributed by atoms with Gasteiger partial charge in [0.25, 0.3) is 0 Å². The maximum atomic E-state index is 13.9. The van der Waals surface area contributed by atoms with E-state index in [1.165, 1.54) is 0 Å². The van der Waals surface area contributed by atoms with Crippen molar-refractivity contribution >= 4 is 17.9 Å². The normalized spacial score (nSPS) is 19.9. The lowest BCUT2D eigenvalue weighted by Gasteiger charge is -2.36. The van der Waals surface area contributed by atoms with E-state index in [9.17, 15) is 19.5 Å². The maximum absolute atomic E-state index is 13.9. The first-order valence-electron chi connectivity index (χ1n) is 16.5. The number of likely N-dealkylation sites (tertiary alicyclic amines) is 1. The van der Waals surface area contributed by atoms with Crippen molar-refractivity contribution < 1.29 is 38.4 Å². The van der Waals surface area contributed by atoms with E-state index in [-0.39, 0.29) is 42.7 Å². The summed E-state index contributed by atoms with van der Waals surface area (Å²) in [6.45, 7) is 16.3. The average Bonchev–Trinajstić information content (AvgIpc) is 3.37. The summed E-state index contributed by atoms with van der Waals surface area (Å²) in [4.78, 5) is 39.8. The Kier molecular flexibility index (Phi) is 14.6. The number of nitrogens with two attached hydrogens (primary N) is 1. The number of ether oxygens (including phenoxy) is 4. The van der Waals surface area contributed by atoms with Gasteiger partial charge in [0.2, 0.25) is 11.8 Å². The minimum Gasteiger partial charge on any atom is -0.493 e. The van der Waals surface area contributed by atoms with Crippen LogP contribution in [0, 0.1) is 23.2 Å². The van der Waals surface area contributed by atoms with Gasteiger partial charge in [0.15, 0.2) is 11.5 Å². The van der Waals surface area contributed by atoms with Crippen molar-refractivity contribution in [3.8, 4) is 11.5 Å². The number of amides is 3. The number of hydrogen-bond donors (Lipinski definition) is 3. The molecule has 262 valence electrons. The Hall–Kier alpha value is -3.05. The molecule has 0 spiro atoms. The molecule has 0 saturated carbocycles. The van der Waals surface area contributed by atoms with Crippen LogP contribution in [0.15, 0.2) is 18.2 Å². The number of carbonyl (C=O) groups excluding carboxylic acids is 3. The number of aliphatic hydroxyl groups is 1. The van der Waals surface area contributed by atoms with Crippen LogP contribution in [0.5, 0.6) is 11.5 Å². The van der Waals surface area contributed by atoms with Gasteiger partial charge in [-0.1, -0.05) is 26.8 Å². The zero-order chi connectivity index (χ0) is 34.8. The van der Waals surface area contributed by atoms with Crippen molar-refractivity contribution in [3.63, 3.8) is 0 Å². The lowest BCUT2D eigenvalue weighted by Crippen LogP contribution is -2.46. The van der Waals surface area contributed by atoms with Crippen LogP contribution in [0.1, 0.15) is 99.1 Å². The van der Waals surface area contributed by atoms with Crippen LogP contribution < -0.4 is 20.5 Å². The van der Waals surface area contributed by atoms with Crippen molar-refractivity contribution in [1.29, 1.82) is 0 Å². The zero-order valence-electron chi connectivity index (χ0n) is 29.7. The molecule has 1 aromatic rings. The largest absolute Gasteiger partial charge is 0.493 e. The molecule has 11 heteroatoms. The number of hydrogen-bond acceptors (Lipinski definition) is 8. The third kappa shape index (κ3) is 11.3. The van der Waals surface area contributed by atoms with Crippen LogP contribution in [0.25, 0.3) is 0 Å². The second-order valence-corrected chi connectivity index (χ2v) is 14.6. The lowest BCUT2D eigenvalue weighted by molar-refractivity contribution is -0.127. The fourth-order valence-electron chi connectivity index (χ4n) is 5.80. The molecule has 1 aliphatic rings. The Morgan fingerprint density at radius 1 is 1.04 bits per heavy atom. The van der Waals surface area contributed by atoms with E-state index >= 15 is 0 Å². The van der Waals surface area contributed by atoms with Crippen LogP contribution >= 0.6 is 0 Å². The Bertz CT molecular complexity index is 1150. The summed E-state index contributed by atoms with van der Waals surface area (Å²) in [5.41, 5.74) is 4.73. The summed E-state index contributed by atoms with van der Waals surface area (Å²) in [7, 11) is 3.24. The van der Waals surface area contributed by atoms with Gasteiger partial charge in [0, 0.05) is 33.1 Å². The van der Waals surface area contributed by atoms with E-state index in [2.05, 4.69) is 19.2 Å². The molecule has 1 fully saturated rings. The number of carbonyl (C=O) groups is 3. The van der Waals surface area contributed by atoms with Crippen LogP contribution in [0.4, 0.5) is 4.79 Å². The third-order valence-corrected chi connectivity index (χ3v) is 8.64. The molecule has 0 bridgehead atoms. The maximum Gasteiger partial charge on any atom is 0.411 e. The van der Waals surface area contributed by atoms with E-state index in [1.54, 1.807) is 33.0 Å². The average molecular weight is 650 g/mol. The van der Waals surface area contributed by atoms with Crippen LogP contribution in [0.2, 0.25) is 0 Å². The molecular formula is C35H59N3O8. The van der Waals surface area contributed by atoms with Crippen molar-refractivity contribution in [3.05, 3.63) is 23.8 Å². The molecule has 5 atom stereocenters. The molecule has 2 rings (SSSR count). The summed E-state index contributed by atoms with van der Waals surface area (Å²) in [6.07, 6.45) is 1.22. The molecule has 0 aromatic heterocycles. The molecular weight excluding hydrogens is 590 g/mol. The summed E-state index contributed by atoms with van der Waals surface area (Å²) in [5.74, 6) is 0.737. The van der Waals surface area contributed by atoms with Gasteiger partial charge in [-0.15, -0.1) is 0 Å². The van der Waals surface area contributed by atoms with Crippen LogP contribution in [-0.2, 0) is 19.1 Å². The number of methoxy groups -OCH3 is 2. The summed E-state index contributed by atoms with van der Waals surface area (Å²) >= 11 is 0. The van der Waals surface area contributed by atoms with E-state index < -0.39 is 35.2 Å². The Balaban J connectivity index is 2.31. The summed E-state index contributed by atoms with van der Waals surface area (Å²) in [6, 6.07) is 4.88. The van der Waals surface area contributed by atoms with E-state index in [1.807, 2.05) is 45.9 Å². The van der Waals surface area contributed by atoms with Crippen LogP contribution in [-0.4, -0.2) is 79.6 Å². The number of rotatable bonds is 17. The molecule has 1 aliphatic heterocycles. The Morgan fingerprint density at radius 2 is 1.72 bits per heavy atom. The molecule has 1 saturated heterocycles. The van der Waals surface area contributed by atoms with Crippen molar-refractivity contribution in [2.24, 2.45) is 28.9 Å². The lowest BCUT2D eigenvalue weighted by atomic mass is 9.83. The van der Waals surface area contributed by atoms with Gasteiger partial charge in [0.1, 0.15) is 5.60 Å². The topological polar surface area (TPSA) is 150 Å². The van der Waals surface area contributed by atoms with Crippen molar-refractivity contribution in [2.75, 3.05) is 34.0 Å². The van der Waals surface area contributed by atoms with Gasteiger partial charge in [-0.05, 0) is 89.3 Å². The number of nitrogens with one attached hydrogen (secondary N) is 1. The van der Waals surface area contributed by atoms with Gasteiger partial charge in [0.05, 0.1) is 37.3 Å². The van der Waals surface area contributed by atoms with Gasteiger partial charge >= 0.3 is 6.09 Å². The first kappa shape index (κ1) is 39.1. The van der Waals surface area contributed by atoms with Crippen molar-refractivity contribution in [2.45, 2.75) is 111 Å². The number of benzene rings is 1. The molecule has 46 heavy (non-hydrogen) atoms. The minimum atomic E-state index is -0.840. The SMILES string of the molecule is COCCCOc1cc([C@H]2[C@H](C(C)C)C[C@@H]([C@@H](O)CCC(C)CC(=O)NCC(C)(C)C(N)=O)N2C(=O)OC(C)(C)C)ccc1OC. The minimum absolute atomic E-state index is 0.0289. The van der Waals surface area contributed by atoms with Gasteiger partial charge in [-0.25, -0.2) is 4.79 Å². The highest BCUT2D eigenvalue weighted by molar-refractivity contribution is 5.82. The van der Waals surface area contributed by atoms with Gasteiger partial charge < -0.3 is 35.1 Å².